The number of carbonyl (C=O) groups excluding carboxylic acids is 3. The van der Waals surface area contributed by atoms with Crippen molar-refractivity contribution in [2.45, 2.75) is 6.92 Å². The molecule has 0 unspecified atom stereocenters. The molecule has 12 heteroatoms. The van der Waals surface area contributed by atoms with Crippen LogP contribution in [0.25, 0.3) is 0 Å². The van der Waals surface area contributed by atoms with Crippen LogP contribution in [0.5, 0.6) is 5.75 Å². The maximum absolute atomic E-state index is 14.5. The predicted octanol–water partition coefficient (Wildman–Crippen LogP) is 2.85. The highest BCUT2D eigenvalue weighted by atomic mass is 19.1. The number of aromatic nitrogens is 2. The van der Waals surface area contributed by atoms with Crippen molar-refractivity contribution in [2.24, 2.45) is 0 Å². The number of hydrogen-bond donors (Lipinski definition) is 4. The first kappa shape index (κ1) is 23.4. The number of likely N-dealkylation sites (N-methyl/N-ethyl adjacent to an activating group) is 1. The third kappa shape index (κ3) is 5.61. The number of ether oxygens (including phenoxy) is 1. The number of benzene rings is 2. The Morgan fingerprint density at radius 2 is 1.74 bits per heavy atom. The van der Waals surface area contributed by atoms with Crippen LogP contribution < -0.4 is 26.0 Å². The predicted molar refractivity (Wildman–Crippen MR) is 128 cm³/mol. The molecule has 0 saturated carbocycles. The van der Waals surface area contributed by atoms with Gasteiger partial charge in [-0.05, 0) is 43.3 Å². The summed E-state index contributed by atoms with van der Waals surface area (Å²) < 4.78 is 20.0. The lowest BCUT2D eigenvalue weighted by atomic mass is 10.2. The lowest BCUT2D eigenvalue weighted by molar-refractivity contribution is -0.143. The lowest BCUT2D eigenvalue weighted by Gasteiger charge is -2.18. The van der Waals surface area contributed by atoms with Gasteiger partial charge in [0.05, 0.1) is 18.5 Å². The Balaban J connectivity index is 1.76. The number of amides is 3. The molecule has 1 aliphatic rings. The van der Waals surface area contributed by atoms with E-state index in [0.29, 0.717) is 29.4 Å². The molecule has 0 atom stereocenters. The van der Waals surface area contributed by atoms with Gasteiger partial charge < -0.3 is 30.9 Å². The lowest BCUT2D eigenvalue weighted by Crippen LogP contribution is -2.41. The van der Waals surface area contributed by atoms with E-state index in [4.69, 9.17) is 4.74 Å². The van der Waals surface area contributed by atoms with E-state index in [1.165, 1.54) is 13.1 Å². The SMILES string of the molecule is CCOc1ccc2cc1NC(=O)C(=O)N(C)CC(=O)Nc1cccc(c1)Nc1ncc(F)c(n1)N2. The molecule has 2 aromatic carbocycles. The summed E-state index contributed by atoms with van der Waals surface area (Å²) in [6, 6.07) is 11.3. The highest BCUT2D eigenvalue weighted by molar-refractivity contribution is 6.40. The van der Waals surface area contributed by atoms with Crippen molar-refractivity contribution in [3.8, 4) is 5.75 Å². The average molecular weight is 479 g/mol. The van der Waals surface area contributed by atoms with Crippen LogP contribution in [-0.2, 0) is 14.4 Å². The van der Waals surface area contributed by atoms with Gasteiger partial charge in [0, 0.05) is 24.1 Å². The quantitative estimate of drug-likeness (QED) is 0.412. The number of rotatable bonds is 2. The van der Waals surface area contributed by atoms with E-state index in [1.807, 2.05) is 0 Å². The Labute approximate surface area is 199 Å². The maximum atomic E-state index is 14.5. The van der Waals surface area contributed by atoms with Crippen LogP contribution in [0.1, 0.15) is 6.92 Å². The fraction of sp³-hybridized carbons (Fsp3) is 0.174. The Bertz CT molecular complexity index is 1300. The first-order chi connectivity index (χ1) is 16.8. The van der Waals surface area contributed by atoms with Gasteiger partial charge in [0.1, 0.15) is 12.3 Å². The minimum Gasteiger partial charge on any atom is -0.492 e. The first-order valence-electron chi connectivity index (χ1n) is 10.6. The zero-order chi connectivity index (χ0) is 24.9. The molecule has 2 heterocycles. The van der Waals surface area contributed by atoms with Gasteiger partial charge in [-0.1, -0.05) is 6.07 Å². The van der Waals surface area contributed by atoms with Crippen LogP contribution in [0.15, 0.2) is 48.7 Å². The first-order valence-corrected chi connectivity index (χ1v) is 10.6. The molecular weight excluding hydrogens is 457 g/mol. The van der Waals surface area contributed by atoms with Crippen molar-refractivity contribution in [3.63, 3.8) is 0 Å². The van der Waals surface area contributed by atoms with Crippen molar-refractivity contribution in [1.29, 1.82) is 0 Å². The van der Waals surface area contributed by atoms with Crippen molar-refractivity contribution in [2.75, 3.05) is 41.5 Å². The third-order valence-electron chi connectivity index (χ3n) is 4.86. The molecule has 0 spiro atoms. The molecule has 4 rings (SSSR count). The molecule has 3 amide bonds. The van der Waals surface area contributed by atoms with Crippen LogP contribution in [0.3, 0.4) is 0 Å². The van der Waals surface area contributed by atoms with Gasteiger partial charge in [-0.25, -0.2) is 9.37 Å². The van der Waals surface area contributed by atoms with Crippen molar-refractivity contribution >= 4 is 52.2 Å². The van der Waals surface area contributed by atoms with E-state index >= 15 is 0 Å². The van der Waals surface area contributed by atoms with Crippen LogP contribution in [0, 0.1) is 5.82 Å². The Morgan fingerprint density at radius 3 is 2.51 bits per heavy atom. The van der Waals surface area contributed by atoms with Crippen molar-refractivity contribution < 1.29 is 23.5 Å². The minimum absolute atomic E-state index is 0.114. The van der Waals surface area contributed by atoms with E-state index in [9.17, 15) is 18.8 Å². The molecule has 0 fully saturated rings. The fourth-order valence-corrected chi connectivity index (χ4v) is 3.28. The van der Waals surface area contributed by atoms with Crippen LogP contribution >= 0.6 is 0 Å². The van der Waals surface area contributed by atoms with E-state index in [1.54, 1.807) is 43.3 Å². The van der Waals surface area contributed by atoms with Crippen LogP contribution in [-0.4, -0.2) is 52.8 Å². The van der Waals surface area contributed by atoms with Gasteiger partial charge in [0.2, 0.25) is 11.9 Å². The van der Waals surface area contributed by atoms with Gasteiger partial charge in [-0.15, -0.1) is 0 Å². The van der Waals surface area contributed by atoms with Crippen LogP contribution in [0.4, 0.5) is 38.9 Å². The van der Waals surface area contributed by atoms with E-state index in [-0.39, 0.29) is 24.0 Å². The minimum atomic E-state index is -0.971. The molecule has 0 radical (unpaired) electrons. The number of nitrogens with zero attached hydrogens (tertiary/aromatic N) is 3. The normalized spacial score (nSPS) is 14.0. The summed E-state index contributed by atoms with van der Waals surface area (Å²) in [5.41, 5.74) is 1.52. The second-order valence-corrected chi connectivity index (χ2v) is 7.53. The smallest absolute Gasteiger partial charge is 0.314 e. The monoisotopic (exact) mass is 479 g/mol. The molecule has 11 nitrogen and oxygen atoms in total. The topological polar surface area (TPSA) is 138 Å². The molecule has 0 saturated heterocycles. The Kier molecular flexibility index (Phi) is 6.71. The summed E-state index contributed by atoms with van der Waals surface area (Å²) in [6.45, 7) is 1.72. The second kappa shape index (κ2) is 10.0. The zero-order valence-electron chi connectivity index (χ0n) is 18.9. The standard InChI is InChI=1S/C23H22FN7O4/c1-3-35-18-8-7-15-10-17(18)29-21(33)22(34)31(2)12-19(32)26-13-5-4-6-14(9-13)28-23-25-11-16(24)20(27-15)30-23/h4-11H,3,12H2,1-2H3,(H,26,32)(H,29,33)(H2,25,27,28,30). The molecular formula is C23H22FN7O4. The summed E-state index contributed by atoms with van der Waals surface area (Å²) in [5, 5.41) is 11.0. The highest BCUT2D eigenvalue weighted by Crippen LogP contribution is 2.30. The number of anilines is 6. The van der Waals surface area contributed by atoms with Crippen LogP contribution in [0.2, 0.25) is 0 Å². The number of halogens is 1. The summed E-state index contributed by atoms with van der Waals surface area (Å²) in [7, 11) is 1.34. The number of fused-ring (bicyclic) bond motifs is 6. The molecule has 1 aromatic heterocycles. The summed E-state index contributed by atoms with van der Waals surface area (Å²) in [4.78, 5) is 46.8. The molecule has 35 heavy (non-hydrogen) atoms. The maximum Gasteiger partial charge on any atom is 0.314 e. The average Bonchev–Trinajstić information content (AvgIpc) is 2.82. The molecule has 180 valence electrons. The van der Waals surface area contributed by atoms with Gasteiger partial charge >= 0.3 is 11.8 Å². The number of nitrogens with one attached hydrogen (secondary N) is 4. The summed E-state index contributed by atoms with van der Waals surface area (Å²) >= 11 is 0. The molecule has 0 aliphatic carbocycles. The number of carbonyl (C=O) groups is 3. The van der Waals surface area contributed by atoms with Crippen molar-refractivity contribution in [1.82, 2.24) is 14.9 Å². The number of hydrogen-bond acceptors (Lipinski definition) is 8. The van der Waals surface area contributed by atoms with Gasteiger partial charge in [-0.3, -0.25) is 14.4 Å². The van der Waals surface area contributed by atoms with E-state index in [0.717, 1.165) is 11.1 Å². The second-order valence-electron chi connectivity index (χ2n) is 7.53. The highest BCUT2D eigenvalue weighted by Gasteiger charge is 2.23. The van der Waals surface area contributed by atoms with Gasteiger partial charge in [-0.2, -0.15) is 4.98 Å². The van der Waals surface area contributed by atoms with E-state index < -0.39 is 23.5 Å². The third-order valence-corrected chi connectivity index (χ3v) is 4.86. The molecule has 4 N–H and O–H groups in total. The van der Waals surface area contributed by atoms with Gasteiger partial charge in [0.25, 0.3) is 0 Å². The zero-order valence-corrected chi connectivity index (χ0v) is 18.9. The molecule has 3 aromatic rings. The Morgan fingerprint density at radius 1 is 1.00 bits per heavy atom. The summed E-state index contributed by atoms with van der Waals surface area (Å²) in [6.07, 6.45) is 1.01. The van der Waals surface area contributed by atoms with Gasteiger partial charge in [0.15, 0.2) is 11.6 Å². The Hall–Kier alpha value is -4.74. The fourth-order valence-electron chi connectivity index (χ4n) is 3.28. The van der Waals surface area contributed by atoms with Crippen molar-refractivity contribution in [3.05, 3.63) is 54.5 Å². The largest absolute Gasteiger partial charge is 0.492 e. The molecule has 1 aliphatic heterocycles. The summed E-state index contributed by atoms with van der Waals surface area (Å²) in [5.74, 6) is -2.81. The van der Waals surface area contributed by atoms with E-state index in [2.05, 4.69) is 31.2 Å². The molecule has 6 bridgehead atoms.